The Morgan fingerprint density at radius 3 is 2.81 bits per heavy atom. The Morgan fingerprint density at radius 1 is 1.30 bits per heavy atom. The molecule has 0 aliphatic rings. The van der Waals surface area contributed by atoms with Crippen molar-refractivity contribution in [3.8, 4) is 5.75 Å². The van der Waals surface area contributed by atoms with Gasteiger partial charge in [-0.1, -0.05) is 17.7 Å². The summed E-state index contributed by atoms with van der Waals surface area (Å²) in [5.74, 6) is -0.534. The molecule has 3 rings (SSSR count). The molecule has 1 heterocycles. The zero-order valence-electron chi connectivity index (χ0n) is 14.8. The van der Waals surface area contributed by atoms with Gasteiger partial charge in [0.1, 0.15) is 11.3 Å². The van der Waals surface area contributed by atoms with E-state index in [-0.39, 0.29) is 23.6 Å². The number of aryl methyl sites for hydroxylation is 1. The van der Waals surface area contributed by atoms with Gasteiger partial charge >= 0.3 is 5.63 Å². The van der Waals surface area contributed by atoms with Gasteiger partial charge in [-0.05, 0) is 43.2 Å². The van der Waals surface area contributed by atoms with Crippen LogP contribution in [0.4, 0.5) is 10.1 Å². The first-order chi connectivity index (χ1) is 12.9. The standard InChI is InChI=1S/C20H17ClFNO4/c1-11-13-7-6-12(26-2)10-17(13)27-20(25)14(11)8-9-18(24)23-16-5-3-4-15(21)19(16)22/h3-7,10H,8-9H2,1-2H3,(H,23,24). The van der Waals surface area contributed by atoms with Crippen LogP contribution in [-0.4, -0.2) is 13.0 Å². The van der Waals surface area contributed by atoms with Gasteiger partial charge in [0.05, 0.1) is 17.8 Å². The van der Waals surface area contributed by atoms with Crippen LogP contribution in [0.25, 0.3) is 11.0 Å². The van der Waals surface area contributed by atoms with Gasteiger partial charge in [0.2, 0.25) is 5.91 Å². The lowest BCUT2D eigenvalue weighted by Gasteiger charge is -2.10. The summed E-state index contributed by atoms with van der Waals surface area (Å²) in [5, 5.41) is 3.16. The number of ether oxygens (including phenoxy) is 1. The zero-order valence-corrected chi connectivity index (χ0v) is 15.5. The lowest BCUT2D eigenvalue weighted by Crippen LogP contribution is -2.17. The first-order valence-corrected chi connectivity index (χ1v) is 8.62. The molecule has 27 heavy (non-hydrogen) atoms. The van der Waals surface area contributed by atoms with Crippen LogP contribution in [0.3, 0.4) is 0 Å². The van der Waals surface area contributed by atoms with E-state index in [4.69, 9.17) is 20.8 Å². The SMILES string of the molecule is COc1ccc2c(C)c(CCC(=O)Nc3cccc(Cl)c3F)c(=O)oc2c1. The Hall–Kier alpha value is -2.86. The molecule has 140 valence electrons. The molecular formula is C20H17ClFNO4. The second kappa shape index (κ2) is 7.80. The molecule has 0 spiro atoms. The number of hydrogen-bond donors (Lipinski definition) is 1. The number of hydrogen-bond acceptors (Lipinski definition) is 4. The average molecular weight is 390 g/mol. The van der Waals surface area contributed by atoms with Gasteiger partial charge in [-0.3, -0.25) is 4.79 Å². The number of anilines is 1. The van der Waals surface area contributed by atoms with E-state index in [1.807, 2.05) is 0 Å². The summed E-state index contributed by atoms with van der Waals surface area (Å²) in [6.07, 6.45) is 0.170. The summed E-state index contributed by atoms with van der Waals surface area (Å²) in [6, 6.07) is 9.57. The summed E-state index contributed by atoms with van der Waals surface area (Å²) in [4.78, 5) is 24.5. The van der Waals surface area contributed by atoms with Crippen LogP contribution in [0.15, 0.2) is 45.6 Å². The quantitative estimate of drug-likeness (QED) is 0.653. The predicted molar refractivity (Wildman–Crippen MR) is 102 cm³/mol. The molecule has 0 saturated carbocycles. The molecule has 0 bridgehead atoms. The van der Waals surface area contributed by atoms with E-state index in [9.17, 15) is 14.0 Å². The third kappa shape index (κ3) is 3.95. The number of carbonyl (C=O) groups excluding carboxylic acids is 1. The van der Waals surface area contributed by atoms with Crippen molar-refractivity contribution in [1.29, 1.82) is 0 Å². The number of benzene rings is 2. The maximum Gasteiger partial charge on any atom is 0.339 e. The van der Waals surface area contributed by atoms with Crippen molar-refractivity contribution >= 4 is 34.2 Å². The normalized spacial score (nSPS) is 10.8. The Balaban J connectivity index is 1.79. The predicted octanol–water partition coefficient (Wildman–Crippen LogP) is 4.47. The van der Waals surface area contributed by atoms with Crippen molar-refractivity contribution in [2.24, 2.45) is 0 Å². The van der Waals surface area contributed by atoms with Gasteiger partial charge in [-0.2, -0.15) is 0 Å². The molecule has 0 atom stereocenters. The summed E-state index contributed by atoms with van der Waals surface area (Å²) >= 11 is 5.70. The summed E-state index contributed by atoms with van der Waals surface area (Å²) in [5.41, 5.74) is 1.07. The first-order valence-electron chi connectivity index (χ1n) is 8.25. The smallest absolute Gasteiger partial charge is 0.339 e. The highest BCUT2D eigenvalue weighted by atomic mass is 35.5. The molecule has 1 aromatic heterocycles. The fraction of sp³-hybridized carbons (Fsp3) is 0.200. The highest BCUT2D eigenvalue weighted by Crippen LogP contribution is 2.25. The average Bonchev–Trinajstić information content (AvgIpc) is 2.64. The van der Waals surface area contributed by atoms with Gasteiger partial charge in [-0.25, -0.2) is 9.18 Å². The number of nitrogens with one attached hydrogen (secondary N) is 1. The van der Waals surface area contributed by atoms with Crippen LogP contribution in [0, 0.1) is 12.7 Å². The topological polar surface area (TPSA) is 68.5 Å². The molecule has 7 heteroatoms. The minimum Gasteiger partial charge on any atom is -0.497 e. The van der Waals surface area contributed by atoms with Gasteiger partial charge < -0.3 is 14.5 Å². The Kier molecular flexibility index (Phi) is 5.46. The summed E-state index contributed by atoms with van der Waals surface area (Å²) in [7, 11) is 1.53. The van der Waals surface area contributed by atoms with E-state index in [0.29, 0.717) is 16.9 Å². The van der Waals surface area contributed by atoms with Crippen LogP contribution in [0.5, 0.6) is 5.75 Å². The lowest BCUT2D eigenvalue weighted by molar-refractivity contribution is -0.116. The first kappa shape index (κ1) is 18.9. The summed E-state index contributed by atoms with van der Waals surface area (Å²) in [6.45, 7) is 1.80. The van der Waals surface area contributed by atoms with Gasteiger partial charge in [0.25, 0.3) is 0 Å². The highest BCUT2D eigenvalue weighted by Gasteiger charge is 2.15. The van der Waals surface area contributed by atoms with Crippen LogP contribution < -0.4 is 15.7 Å². The number of methoxy groups -OCH3 is 1. The second-order valence-electron chi connectivity index (χ2n) is 6.00. The van der Waals surface area contributed by atoms with Crippen LogP contribution >= 0.6 is 11.6 Å². The van der Waals surface area contributed by atoms with E-state index in [1.54, 1.807) is 25.1 Å². The largest absolute Gasteiger partial charge is 0.497 e. The van der Waals surface area contributed by atoms with Crippen molar-refractivity contribution in [3.05, 3.63) is 68.8 Å². The van der Waals surface area contributed by atoms with E-state index in [0.717, 1.165) is 10.9 Å². The molecule has 0 saturated heterocycles. The Bertz CT molecular complexity index is 1080. The van der Waals surface area contributed by atoms with Crippen LogP contribution in [0.1, 0.15) is 17.5 Å². The molecule has 5 nitrogen and oxygen atoms in total. The maximum atomic E-state index is 13.9. The second-order valence-corrected chi connectivity index (χ2v) is 6.41. The van der Waals surface area contributed by atoms with Crippen LogP contribution in [-0.2, 0) is 11.2 Å². The molecule has 1 N–H and O–H groups in total. The number of carbonyl (C=O) groups is 1. The monoisotopic (exact) mass is 389 g/mol. The molecule has 0 unspecified atom stereocenters. The minimum atomic E-state index is -0.692. The van der Waals surface area contributed by atoms with Gasteiger partial charge in [0, 0.05) is 23.4 Å². The van der Waals surface area contributed by atoms with Crippen molar-refractivity contribution in [3.63, 3.8) is 0 Å². The third-order valence-electron chi connectivity index (χ3n) is 4.32. The molecule has 0 fully saturated rings. The van der Waals surface area contributed by atoms with Gasteiger partial charge in [-0.15, -0.1) is 0 Å². The molecule has 3 aromatic rings. The van der Waals surface area contributed by atoms with Crippen molar-refractivity contribution in [2.45, 2.75) is 19.8 Å². The number of amides is 1. The Labute approximate surface area is 159 Å². The third-order valence-corrected chi connectivity index (χ3v) is 4.61. The Morgan fingerprint density at radius 2 is 2.07 bits per heavy atom. The van der Waals surface area contributed by atoms with Crippen molar-refractivity contribution < 1.29 is 18.3 Å². The fourth-order valence-corrected chi connectivity index (χ4v) is 3.02. The van der Waals surface area contributed by atoms with Crippen molar-refractivity contribution in [1.82, 2.24) is 0 Å². The summed E-state index contributed by atoms with van der Waals surface area (Å²) < 4.78 is 24.4. The lowest BCUT2D eigenvalue weighted by atomic mass is 10.0. The molecule has 1 amide bonds. The highest BCUT2D eigenvalue weighted by molar-refractivity contribution is 6.31. The van der Waals surface area contributed by atoms with E-state index < -0.39 is 17.3 Å². The molecule has 0 aliphatic carbocycles. The molecule has 0 radical (unpaired) electrons. The number of fused-ring (bicyclic) bond motifs is 1. The van der Waals surface area contributed by atoms with Crippen LogP contribution in [0.2, 0.25) is 5.02 Å². The minimum absolute atomic E-state index is 0.000779. The number of halogens is 2. The van der Waals surface area contributed by atoms with E-state index in [1.165, 1.54) is 25.3 Å². The maximum absolute atomic E-state index is 13.9. The molecule has 0 aliphatic heterocycles. The van der Waals surface area contributed by atoms with E-state index >= 15 is 0 Å². The van der Waals surface area contributed by atoms with Crippen molar-refractivity contribution in [2.75, 3.05) is 12.4 Å². The number of rotatable bonds is 5. The fourth-order valence-electron chi connectivity index (χ4n) is 2.84. The molecular weight excluding hydrogens is 373 g/mol. The van der Waals surface area contributed by atoms with Gasteiger partial charge in [0.15, 0.2) is 5.82 Å². The molecule has 2 aromatic carbocycles. The van der Waals surface area contributed by atoms with E-state index in [2.05, 4.69) is 5.32 Å². The zero-order chi connectivity index (χ0) is 19.6.